The molecule has 0 aliphatic rings. The van der Waals surface area contributed by atoms with Gasteiger partial charge in [-0.15, -0.1) is 0 Å². The van der Waals surface area contributed by atoms with Crippen molar-refractivity contribution in [2.45, 2.75) is 6.32 Å². The fourth-order valence-electron chi connectivity index (χ4n) is 0.835. The number of hydrogen-bond donors (Lipinski definition) is 0. The zero-order chi connectivity index (χ0) is 9.19. The molecule has 0 amide bonds. The summed E-state index contributed by atoms with van der Waals surface area (Å²) in [6.45, 7) is -4.79. The van der Waals surface area contributed by atoms with E-state index in [-0.39, 0.29) is 62.0 Å². The standard InChI is InChI=1S/C6H5BClF3N.K/c8-6-1-5(3-12-4-6)2-7(9,10)11;/h1,3-4H,2H2;/q-1;+1. The Bertz CT molecular complexity index is 281. The van der Waals surface area contributed by atoms with E-state index in [2.05, 4.69) is 4.98 Å². The fourth-order valence-corrected chi connectivity index (χ4v) is 1.03. The van der Waals surface area contributed by atoms with Gasteiger partial charge in [-0.25, -0.2) is 0 Å². The molecule has 0 unspecified atom stereocenters. The second-order valence-corrected chi connectivity index (χ2v) is 2.86. The molecule has 0 radical (unpaired) electrons. The Morgan fingerprint density at radius 1 is 1.31 bits per heavy atom. The smallest absolute Gasteiger partial charge is 0.449 e. The van der Waals surface area contributed by atoms with Crippen LogP contribution in [0.4, 0.5) is 12.9 Å². The van der Waals surface area contributed by atoms with Crippen molar-refractivity contribution in [2.24, 2.45) is 0 Å². The average Bonchev–Trinajstić information content (AvgIpc) is 1.82. The van der Waals surface area contributed by atoms with Crippen LogP contribution in [0.25, 0.3) is 0 Å². The summed E-state index contributed by atoms with van der Waals surface area (Å²) in [6.07, 6.45) is 1.54. The zero-order valence-corrected chi connectivity index (χ0v) is 10.9. The largest absolute Gasteiger partial charge is 1.00 e. The van der Waals surface area contributed by atoms with Crippen LogP contribution in [0.15, 0.2) is 18.5 Å². The summed E-state index contributed by atoms with van der Waals surface area (Å²) >= 11 is 5.45. The molecule has 0 spiro atoms. The molecule has 0 fully saturated rings. The van der Waals surface area contributed by atoms with Crippen molar-refractivity contribution in [1.29, 1.82) is 0 Å². The molecule has 66 valence electrons. The summed E-state index contributed by atoms with van der Waals surface area (Å²) in [7, 11) is 0. The van der Waals surface area contributed by atoms with Gasteiger partial charge in [0.05, 0.1) is 5.02 Å². The Morgan fingerprint density at radius 3 is 2.38 bits per heavy atom. The van der Waals surface area contributed by atoms with E-state index >= 15 is 0 Å². The maximum atomic E-state index is 11.9. The van der Waals surface area contributed by atoms with E-state index < -0.39 is 13.3 Å². The topological polar surface area (TPSA) is 12.9 Å². The molecule has 0 saturated carbocycles. The second-order valence-electron chi connectivity index (χ2n) is 2.43. The van der Waals surface area contributed by atoms with Crippen LogP contribution in [0.1, 0.15) is 5.56 Å². The maximum absolute atomic E-state index is 11.9. The van der Waals surface area contributed by atoms with Gasteiger partial charge in [-0.1, -0.05) is 23.5 Å². The molecular weight excluding hydrogens is 228 g/mol. The van der Waals surface area contributed by atoms with Crippen LogP contribution in [0, 0.1) is 0 Å². The fraction of sp³-hybridized carbons (Fsp3) is 0.167. The normalized spacial score (nSPS) is 10.8. The van der Waals surface area contributed by atoms with E-state index in [9.17, 15) is 12.9 Å². The van der Waals surface area contributed by atoms with Crippen molar-refractivity contribution >= 4 is 18.6 Å². The molecule has 1 nitrogen and oxygen atoms in total. The molecule has 0 atom stereocenters. The zero-order valence-electron chi connectivity index (χ0n) is 6.98. The summed E-state index contributed by atoms with van der Waals surface area (Å²) in [5.74, 6) is 0. The van der Waals surface area contributed by atoms with Crippen LogP contribution in [0.5, 0.6) is 0 Å². The second kappa shape index (κ2) is 5.73. The number of hydrogen-bond acceptors (Lipinski definition) is 1. The van der Waals surface area contributed by atoms with Crippen molar-refractivity contribution in [3.8, 4) is 0 Å². The van der Waals surface area contributed by atoms with E-state index in [0.29, 0.717) is 0 Å². The molecule has 0 bridgehead atoms. The van der Waals surface area contributed by atoms with Gasteiger partial charge in [-0.2, -0.15) is 0 Å². The van der Waals surface area contributed by atoms with Crippen molar-refractivity contribution in [1.82, 2.24) is 4.98 Å². The Balaban J connectivity index is 0.00000144. The minimum absolute atomic E-state index is 0. The van der Waals surface area contributed by atoms with Gasteiger partial charge in [-0.3, -0.25) is 4.98 Å². The predicted octanol–water partition coefficient (Wildman–Crippen LogP) is -0.332. The maximum Gasteiger partial charge on any atom is 1.00 e. The van der Waals surface area contributed by atoms with E-state index in [1.165, 1.54) is 18.5 Å². The van der Waals surface area contributed by atoms with Gasteiger partial charge in [0, 0.05) is 12.4 Å². The van der Waals surface area contributed by atoms with Crippen molar-refractivity contribution < 1.29 is 64.3 Å². The van der Waals surface area contributed by atoms with Crippen LogP contribution in [0.3, 0.4) is 0 Å². The SMILES string of the molecule is F[B-](F)(F)Cc1cncc(Cl)c1.[K+]. The molecule has 7 heteroatoms. The van der Waals surface area contributed by atoms with Crippen LogP contribution >= 0.6 is 11.6 Å². The molecule has 13 heavy (non-hydrogen) atoms. The van der Waals surface area contributed by atoms with Crippen LogP contribution < -0.4 is 51.4 Å². The summed E-state index contributed by atoms with van der Waals surface area (Å²) in [5, 5.41) is 0.229. The van der Waals surface area contributed by atoms with Gasteiger partial charge in [0.15, 0.2) is 0 Å². The van der Waals surface area contributed by atoms with E-state index in [0.717, 1.165) is 0 Å². The third kappa shape index (κ3) is 6.09. The third-order valence-electron chi connectivity index (χ3n) is 1.23. The Labute approximate surface area is 122 Å². The van der Waals surface area contributed by atoms with E-state index in [1.807, 2.05) is 0 Å². The first kappa shape index (κ1) is 13.9. The molecule has 1 aromatic heterocycles. The summed E-state index contributed by atoms with van der Waals surface area (Å²) in [5.41, 5.74) is 0.106. The van der Waals surface area contributed by atoms with E-state index in [4.69, 9.17) is 11.6 Å². The molecule has 1 rings (SSSR count). The Morgan fingerprint density at radius 2 is 1.92 bits per heavy atom. The Kier molecular flexibility index (Phi) is 6.14. The predicted molar refractivity (Wildman–Crippen MR) is 42.0 cm³/mol. The van der Waals surface area contributed by atoms with Crippen LogP contribution in [-0.4, -0.2) is 12.0 Å². The monoisotopic (exact) mass is 233 g/mol. The minimum atomic E-state index is -4.79. The molecule has 0 saturated heterocycles. The number of halogens is 4. The molecule has 1 aromatic rings. The van der Waals surface area contributed by atoms with Gasteiger partial charge in [0.2, 0.25) is 0 Å². The number of aromatic nitrogens is 1. The first-order chi connectivity index (χ1) is 5.47. The van der Waals surface area contributed by atoms with E-state index in [1.54, 1.807) is 0 Å². The third-order valence-corrected chi connectivity index (χ3v) is 1.44. The molecule has 0 aromatic carbocycles. The molecule has 0 aliphatic carbocycles. The van der Waals surface area contributed by atoms with Gasteiger partial charge < -0.3 is 12.9 Å². The number of rotatable bonds is 2. The summed E-state index contributed by atoms with van der Waals surface area (Å²) in [6, 6.07) is 1.27. The number of nitrogens with zero attached hydrogens (tertiary/aromatic N) is 1. The van der Waals surface area contributed by atoms with Gasteiger partial charge in [0.25, 0.3) is 0 Å². The number of pyridine rings is 1. The molecule has 1 heterocycles. The summed E-state index contributed by atoms with van der Waals surface area (Å²) < 4.78 is 35.6. The van der Waals surface area contributed by atoms with Crippen LogP contribution in [0.2, 0.25) is 5.02 Å². The first-order valence-electron chi connectivity index (χ1n) is 3.28. The minimum Gasteiger partial charge on any atom is -0.449 e. The summed E-state index contributed by atoms with van der Waals surface area (Å²) in [4.78, 5) is 3.55. The quantitative estimate of drug-likeness (QED) is 0.638. The van der Waals surface area contributed by atoms with Crippen molar-refractivity contribution in [3.05, 3.63) is 29.0 Å². The van der Waals surface area contributed by atoms with Crippen molar-refractivity contribution in [2.75, 3.05) is 0 Å². The molecule has 0 aliphatic heterocycles. The Hall–Kier alpha value is 0.931. The average molecular weight is 233 g/mol. The molecule has 0 N–H and O–H groups in total. The van der Waals surface area contributed by atoms with Crippen molar-refractivity contribution in [3.63, 3.8) is 0 Å². The first-order valence-corrected chi connectivity index (χ1v) is 3.65. The van der Waals surface area contributed by atoms with Crippen LogP contribution in [-0.2, 0) is 6.32 Å². The van der Waals surface area contributed by atoms with Gasteiger partial charge >= 0.3 is 58.4 Å². The van der Waals surface area contributed by atoms with Gasteiger partial charge in [0.1, 0.15) is 0 Å². The van der Waals surface area contributed by atoms with Gasteiger partial charge in [-0.05, 0) is 6.07 Å². The molecular formula is C6H5BClF3KN.